The third-order valence-corrected chi connectivity index (χ3v) is 6.14. The molecule has 0 aliphatic carbocycles. The third kappa shape index (κ3) is 5.06. The number of ether oxygens (including phenoxy) is 1. The summed E-state index contributed by atoms with van der Waals surface area (Å²) in [6.45, 7) is 6.26. The Morgan fingerprint density at radius 2 is 2.20 bits per heavy atom. The van der Waals surface area contributed by atoms with E-state index in [-0.39, 0.29) is 12.0 Å². The Labute approximate surface area is 157 Å². The number of benzene rings is 1. The predicted octanol–water partition coefficient (Wildman–Crippen LogP) is 4.38. The summed E-state index contributed by atoms with van der Waals surface area (Å²) >= 11 is 3.43. The van der Waals surface area contributed by atoms with E-state index in [0.29, 0.717) is 13.1 Å². The van der Waals surface area contributed by atoms with Crippen LogP contribution < -0.4 is 0 Å². The van der Waals surface area contributed by atoms with Gasteiger partial charge in [-0.15, -0.1) is 23.1 Å². The maximum atomic E-state index is 12.7. The Morgan fingerprint density at radius 3 is 2.80 bits per heavy atom. The van der Waals surface area contributed by atoms with E-state index in [4.69, 9.17) is 4.74 Å². The second-order valence-electron chi connectivity index (χ2n) is 6.15. The summed E-state index contributed by atoms with van der Waals surface area (Å²) in [5.74, 6) is 0.947. The van der Waals surface area contributed by atoms with Crippen LogP contribution >= 0.6 is 23.1 Å². The predicted molar refractivity (Wildman–Crippen MR) is 103 cm³/mol. The molecule has 25 heavy (non-hydrogen) atoms. The summed E-state index contributed by atoms with van der Waals surface area (Å²) in [6, 6.07) is 7.90. The van der Waals surface area contributed by atoms with Crippen LogP contribution in [-0.2, 0) is 10.5 Å². The molecular weight excluding hydrogens is 352 g/mol. The zero-order valence-electron chi connectivity index (χ0n) is 14.7. The Kier molecular flexibility index (Phi) is 6.51. The first-order valence-electron chi connectivity index (χ1n) is 8.70. The first-order chi connectivity index (χ1) is 12.2. The van der Waals surface area contributed by atoms with Crippen molar-refractivity contribution in [1.82, 2.24) is 9.88 Å². The number of thiazole rings is 1. The van der Waals surface area contributed by atoms with Crippen molar-refractivity contribution in [2.75, 3.05) is 19.7 Å². The smallest absolute Gasteiger partial charge is 0.253 e. The van der Waals surface area contributed by atoms with Gasteiger partial charge in [-0.05, 0) is 51.0 Å². The quantitative estimate of drug-likeness (QED) is 0.672. The van der Waals surface area contributed by atoms with Gasteiger partial charge >= 0.3 is 0 Å². The highest BCUT2D eigenvalue weighted by atomic mass is 32.2. The molecule has 2 aromatic rings. The zero-order valence-corrected chi connectivity index (χ0v) is 16.4. The normalized spacial score (nSPS) is 17.0. The van der Waals surface area contributed by atoms with Crippen LogP contribution in [0.2, 0.25) is 0 Å². The second kappa shape index (κ2) is 8.83. The van der Waals surface area contributed by atoms with Crippen molar-refractivity contribution in [3.8, 4) is 0 Å². The molecule has 1 unspecified atom stereocenters. The van der Waals surface area contributed by atoms with Crippen molar-refractivity contribution < 1.29 is 9.53 Å². The van der Waals surface area contributed by atoms with E-state index in [1.807, 2.05) is 43.0 Å². The lowest BCUT2D eigenvalue weighted by Gasteiger charge is -2.24. The van der Waals surface area contributed by atoms with Gasteiger partial charge in [-0.25, -0.2) is 4.98 Å². The molecule has 1 fully saturated rings. The molecule has 0 N–H and O–H groups in total. The molecule has 1 saturated heterocycles. The topological polar surface area (TPSA) is 42.4 Å². The molecule has 3 rings (SSSR count). The minimum atomic E-state index is 0.0877. The van der Waals surface area contributed by atoms with Crippen LogP contribution in [0.3, 0.4) is 0 Å². The molecule has 1 aliphatic rings. The highest BCUT2D eigenvalue weighted by Crippen LogP contribution is 2.24. The molecule has 2 heterocycles. The van der Waals surface area contributed by atoms with Gasteiger partial charge in [0.05, 0.1) is 16.8 Å². The van der Waals surface area contributed by atoms with Crippen LogP contribution in [0.25, 0.3) is 0 Å². The highest BCUT2D eigenvalue weighted by Gasteiger charge is 2.22. The SMILES string of the molecule is CCN(CC1CCCO1)C(=O)c1ccc(SCc2csc(C)n2)cc1. The zero-order chi connectivity index (χ0) is 17.6. The van der Waals surface area contributed by atoms with E-state index in [1.165, 1.54) is 0 Å². The number of carbonyl (C=O) groups excluding carboxylic acids is 1. The third-order valence-electron chi connectivity index (χ3n) is 4.27. The molecule has 6 heteroatoms. The fourth-order valence-electron chi connectivity index (χ4n) is 2.90. The van der Waals surface area contributed by atoms with Gasteiger partial charge in [0, 0.05) is 41.3 Å². The van der Waals surface area contributed by atoms with Crippen molar-refractivity contribution in [1.29, 1.82) is 0 Å². The number of likely N-dealkylation sites (N-methyl/N-ethyl adjacent to an activating group) is 1. The minimum absolute atomic E-state index is 0.0877. The Bertz CT molecular complexity index is 694. The lowest BCUT2D eigenvalue weighted by atomic mass is 10.1. The summed E-state index contributed by atoms with van der Waals surface area (Å²) in [6.07, 6.45) is 2.34. The first kappa shape index (κ1) is 18.4. The molecule has 0 spiro atoms. The molecule has 0 radical (unpaired) electrons. The Morgan fingerprint density at radius 1 is 1.40 bits per heavy atom. The van der Waals surface area contributed by atoms with Gasteiger partial charge in [0.15, 0.2) is 0 Å². The van der Waals surface area contributed by atoms with Crippen LogP contribution in [0, 0.1) is 6.92 Å². The van der Waals surface area contributed by atoms with E-state index < -0.39 is 0 Å². The number of aryl methyl sites for hydroxylation is 1. The fraction of sp³-hybridized carbons (Fsp3) is 0.474. The van der Waals surface area contributed by atoms with Gasteiger partial charge in [0.2, 0.25) is 0 Å². The van der Waals surface area contributed by atoms with E-state index in [2.05, 4.69) is 10.4 Å². The molecule has 1 aromatic heterocycles. The van der Waals surface area contributed by atoms with Crippen LogP contribution in [0.1, 0.15) is 40.8 Å². The van der Waals surface area contributed by atoms with Gasteiger partial charge in [-0.3, -0.25) is 4.79 Å². The number of hydrogen-bond donors (Lipinski definition) is 0. The number of amides is 1. The molecular formula is C19H24N2O2S2. The number of nitrogens with zero attached hydrogens (tertiary/aromatic N) is 2. The summed E-state index contributed by atoms with van der Waals surface area (Å²) in [7, 11) is 0. The van der Waals surface area contributed by atoms with Crippen LogP contribution in [0.4, 0.5) is 0 Å². The van der Waals surface area contributed by atoms with Crippen molar-refractivity contribution in [3.05, 3.63) is 45.9 Å². The lowest BCUT2D eigenvalue weighted by Crippen LogP contribution is -2.37. The minimum Gasteiger partial charge on any atom is -0.376 e. The van der Waals surface area contributed by atoms with Gasteiger partial charge < -0.3 is 9.64 Å². The summed E-state index contributed by atoms with van der Waals surface area (Å²) < 4.78 is 5.66. The Balaban J connectivity index is 1.57. The van der Waals surface area contributed by atoms with Crippen molar-refractivity contribution in [2.45, 2.75) is 43.4 Å². The van der Waals surface area contributed by atoms with Crippen LogP contribution in [-0.4, -0.2) is 41.6 Å². The average molecular weight is 377 g/mol. The van der Waals surface area contributed by atoms with E-state index in [0.717, 1.165) is 46.4 Å². The first-order valence-corrected chi connectivity index (χ1v) is 10.6. The molecule has 0 bridgehead atoms. The average Bonchev–Trinajstić information content (AvgIpc) is 3.29. The highest BCUT2D eigenvalue weighted by molar-refractivity contribution is 7.98. The molecule has 4 nitrogen and oxygen atoms in total. The number of thioether (sulfide) groups is 1. The number of carbonyl (C=O) groups is 1. The van der Waals surface area contributed by atoms with Crippen molar-refractivity contribution in [2.24, 2.45) is 0 Å². The van der Waals surface area contributed by atoms with Gasteiger partial charge in [-0.1, -0.05) is 0 Å². The number of aromatic nitrogens is 1. The monoisotopic (exact) mass is 376 g/mol. The fourth-order valence-corrected chi connectivity index (χ4v) is 4.41. The molecule has 1 atom stereocenters. The summed E-state index contributed by atoms with van der Waals surface area (Å²) in [5, 5.41) is 3.20. The molecule has 134 valence electrons. The largest absolute Gasteiger partial charge is 0.376 e. The summed E-state index contributed by atoms with van der Waals surface area (Å²) in [5.41, 5.74) is 1.86. The van der Waals surface area contributed by atoms with Crippen molar-refractivity contribution >= 4 is 29.0 Å². The van der Waals surface area contributed by atoms with E-state index in [1.54, 1.807) is 23.1 Å². The van der Waals surface area contributed by atoms with Crippen LogP contribution in [0.15, 0.2) is 34.5 Å². The molecule has 1 amide bonds. The van der Waals surface area contributed by atoms with Gasteiger partial charge in [-0.2, -0.15) is 0 Å². The standard InChI is InChI=1S/C19H24N2O2S2/c1-3-21(11-17-5-4-10-23-17)19(22)15-6-8-18(9-7-15)25-13-16-12-24-14(2)20-16/h6-9,12,17H,3-5,10-11,13H2,1-2H3. The van der Waals surface area contributed by atoms with E-state index >= 15 is 0 Å². The number of rotatable bonds is 7. The summed E-state index contributed by atoms with van der Waals surface area (Å²) in [4.78, 5) is 20.2. The van der Waals surface area contributed by atoms with Gasteiger partial charge in [0.1, 0.15) is 0 Å². The van der Waals surface area contributed by atoms with E-state index in [9.17, 15) is 4.79 Å². The second-order valence-corrected chi connectivity index (χ2v) is 8.26. The molecule has 1 aromatic carbocycles. The maximum absolute atomic E-state index is 12.7. The lowest BCUT2D eigenvalue weighted by molar-refractivity contribution is 0.0539. The maximum Gasteiger partial charge on any atom is 0.253 e. The molecule has 0 saturated carbocycles. The Hall–Kier alpha value is -1.37. The van der Waals surface area contributed by atoms with Crippen molar-refractivity contribution in [3.63, 3.8) is 0 Å². The van der Waals surface area contributed by atoms with Gasteiger partial charge in [0.25, 0.3) is 5.91 Å². The molecule has 1 aliphatic heterocycles. The van der Waals surface area contributed by atoms with Crippen LogP contribution in [0.5, 0.6) is 0 Å². The number of hydrogen-bond acceptors (Lipinski definition) is 5.